The van der Waals surface area contributed by atoms with Gasteiger partial charge in [0.2, 0.25) is 5.91 Å². The summed E-state index contributed by atoms with van der Waals surface area (Å²) in [6, 6.07) is 2.70. The molecule has 9 heteroatoms. The van der Waals surface area contributed by atoms with Crippen molar-refractivity contribution in [1.82, 2.24) is 24.5 Å². The molecule has 0 fully saturated rings. The number of carbonyl (C=O) groups excluding carboxylic acids is 1. The predicted octanol–water partition coefficient (Wildman–Crippen LogP) is 2.09. The minimum Gasteiger partial charge on any atom is -0.338 e. The van der Waals surface area contributed by atoms with Gasteiger partial charge in [-0.25, -0.2) is 0 Å². The number of rotatable bonds is 5. The summed E-state index contributed by atoms with van der Waals surface area (Å²) in [6.45, 7) is 3.84. The van der Waals surface area contributed by atoms with Gasteiger partial charge in [-0.05, 0) is 26.0 Å². The minimum atomic E-state index is -4.54. The van der Waals surface area contributed by atoms with Gasteiger partial charge in [0.25, 0.3) is 0 Å². The van der Waals surface area contributed by atoms with Crippen molar-refractivity contribution >= 4 is 5.91 Å². The zero-order valence-corrected chi connectivity index (χ0v) is 13.1. The van der Waals surface area contributed by atoms with Crippen LogP contribution in [0.5, 0.6) is 0 Å². The van der Waals surface area contributed by atoms with Crippen LogP contribution in [0.25, 0.3) is 0 Å². The van der Waals surface area contributed by atoms with Gasteiger partial charge in [-0.1, -0.05) is 0 Å². The predicted molar refractivity (Wildman–Crippen MR) is 76.3 cm³/mol. The quantitative estimate of drug-likeness (QED) is 0.844. The molecule has 0 aliphatic carbocycles. The van der Waals surface area contributed by atoms with E-state index >= 15 is 0 Å². The van der Waals surface area contributed by atoms with Gasteiger partial charge in [0, 0.05) is 19.8 Å². The Kier molecular flexibility index (Phi) is 4.76. The highest BCUT2D eigenvalue weighted by atomic mass is 19.4. The largest absolute Gasteiger partial charge is 0.433 e. The maximum absolute atomic E-state index is 12.9. The van der Waals surface area contributed by atoms with Crippen LogP contribution in [0, 0.1) is 6.92 Å². The van der Waals surface area contributed by atoms with E-state index in [1.165, 1.54) is 11.8 Å². The molecule has 0 atom stereocenters. The fourth-order valence-electron chi connectivity index (χ4n) is 2.25. The zero-order valence-electron chi connectivity index (χ0n) is 13.1. The fourth-order valence-corrected chi connectivity index (χ4v) is 2.25. The fraction of sp³-hybridized carbons (Fsp3) is 0.500. The van der Waals surface area contributed by atoms with Crippen molar-refractivity contribution in [3.8, 4) is 0 Å². The SMILES string of the molecule is CCn1nccc1CN(C)C(=O)Cn1nc(C)cc1C(F)(F)F. The smallest absolute Gasteiger partial charge is 0.338 e. The molecule has 2 heterocycles. The lowest BCUT2D eigenvalue weighted by atomic mass is 10.3. The van der Waals surface area contributed by atoms with Crippen molar-refractivity contribution in [2.45, 2.75) is 39.7 Å². The van der Waals surface area contributed by atoms with Crippen LogP contribution in [0.4, 0.5) is 13.2 Å². The Morgan fingerprint density at radius 1 is 1.35 bits per heavy atom. The Hall–Kier alpha value is -2.32. The number of carbonyl (C=O) groups is 1. The number of nitrogens with zero attached hydrogens (tertiary/aromatic N) is 5. The number of hydrogen-bond donors (Lipinski definition) is 0. The van der Waals surface area contributed by atoms with Crippen molar-refractivity contribution in [3.63, 3.8) is 0 Å². The lowest BCUT2D eigenvalue weighted by Crippen LogP contribution is -2.32. The molecule has 2 aromatic rings. The van der Waals surface area contributed by atoms with E-state index in [0.29, 0.717) is 11.2 Å². The van der Waals surface area contributed by atoms with Crippen LogP contribution < -0.4 is 0 Å². The number of alkyl halides is 3. The Morgan fingerprint density at radius 2 is 2.04 bits per heavy atom. The number of aromatic nitrogens is 4. The van der Waals surface area contributed by atoms with Crippen molar-refractivity contribution in [3.05, 3.63) is 35.4 Å². The molecule has 6 nitrogen and oxygen atoms in total. The second kappa shape index (κ2) is 6.43. The van der Waals surface area contributed by atoms with Crippen LogP contribution in [0.1, 0.15) is 24.0 Å². The Labute approximate surface area is 131 Å². The molecule has 2 aromatic heterocycles. The molecule has 0 saturated carbocycles. The lowest BCUT2D eigenvalue weighted by molar-refractivity contribution is -0.145. The molecule has 23 heavy (non-hydrogen) atoms. The van der Waals surface area contributed by atoms with Gasteiger partial charge in [0.15, 0.2) is 0 Å². The molecule has 126 valence electrons. The first-order valence-electron chi connectivity index (χ1n) is 7.08. The number of amides is 1. The third-order valence-electron chi connectivity index (χ3n) is 3.41. The van der Waals surface area contributed by atoms with E-state index in [1.807, 2.05) is 6.92 Å². The van der Waals surface area contributed by atoms with E-state index in [4.69, 9.17) is 0 Å². The molecule has 0 aliphatic rings. The number of likely N-dealkylation sites (N-methyl/N-ethyl adjacent to an activating group) is 1. The molecule has 0 radical (unpaired) electrons. The summed E-state index contributed by atoms with van der Waals surface area (Å²) >= 11 is 0. The average molecular weight is 329 g/mol. The lowest BCUT2D eigenvalue weighted by Gasteiger charge is -2.18. The molecule has 0 bridgehead atoms. The normalized spacial score (nSPS) is 11.7. The summed E-state index contributed by atoms with van der Waals surface area (Å²) in [7, 11) is 1.54. The minimum absolute atomic E-state index is 0.219. The third kappa shape index (κ3) is 3.91. The molecular formula is C14H18F3N5O. The monoisotopic (exact) mass is 329 g/mol. The highest BCUT2D eigenvalue weighted by Crippen LogP contribution is 2.29. The van der Waals surface area contributed by atoms with Crippen LogP contribution >= 0.6 is 0 Å². The van der Waals surface area contributed by atoms with Gasteiger partial charge >= 0.3 is 6.18 Å². The number of aryl methyl sites for hydroxylation is 2. The van der Waals surface area contributed by atoms with E-state index in [-0.39, 0.29) is 12.2 Å². The van der Waals surface area contributed by atoms with Crippen molar-refractivity contribution < 1.29 is 18.0 Å². The Balaban J connectivity index is 2.10. The number of hydrogen-bond acceptors (Lipinski definition) is 3. The van der Waals surface area contributed by atoms with Gasteiger partial charge in [-0.15, -0.1) is 0 Å². The average Bonchev–Trinajstić information content (AvgIpc) is 3.04. The highest BCUT2D eigenvalue weighted by Gasteiger charge is 2.36. The molecule has 0 N–H and O–H groups in total. The van der Waals surface area contributed by atoms with E-state index in [9.17, 15) is 18.0 Å². The highest BCUT2D eigenvalue weighted by molar-refractivity contribution is 5.75. The van der Waals surface area contributed by atoms with Crippen molar-refractivity contribution in [2.24, 2.45) is 0 Å². The van der Waals surface area contributed by atoms with Gasteiger partial charge in [0.1, 0.15) is 12.2 Å². The summed E-state index contributed by atoms with van der Waals surface area (Å²) < 4.78 is 41.2. The summed E-state index contributed by atoms with van der Waals surface area (Å²) in [5.41, 5.74) is 0.114. The van der Waals surface area contributed by atoms with Gasteiger partial charge in [0.05, 0.1) is 17.9 Å². The van der Waals surface area contributed by atoms with Gasteiger partial charge in [-0.3, -0.25) is 14.2 Å². The molecule has 1 amide bonds. The maximum atomic E-state index is 12.9. The molecule has 0 saturated heterocycles. The summed E-state index contributed by atoms with van der Waals surface area (Å²) in [4.78, 5) is 13.6. The molecule has 0 aliphatic heterocycles. The standard InChI is InChI=1S/C14H18F3N5O/c1-4-21-11(5-6-18-21)8-20(3)13(23)9-22-12(14(15,16)17)7-10(2)19-22/h5-7H,4,8-9H2,1-3H3. The van der Waals surface area contributed by atoms with E-state index in [2.05, 4.69) is 10.2 Å². The summed E-state index contributed by atoms with van der Waals surface area (Å²) in [5, 5.41) is 7.86. The van der Waals surface area contributed by atoms with Crippen LogP contribution in [0.15, 0.2) is 18.3 Å². The molecule has 0 spiro atoms. The first kappa shape index (κ1) is 17.0. The topological polar surface area (TPSA) is 56.0 Å². The Morgan fingerprint density at radius 3 is 2.65 bits per heavy atom. The van der Waals surface area contributed by atoms with Gasteiger partial charge < -0.3 is 4.90 Å². The first-order chi connectivity index (χ1) is 10.7. The second-order valence-electron chi connectivity index (χ2n) is 5.21. The van der Waals surface area contributed by atoms with Crippen LogP contribution in [0.2, 0.25) is 0 Å². The number of halogens is 3. The molecule has 0 aromatic carbocycles. The second-order valence-corrected chi connectivity index (χ2v) is 5.21. The zero-order chi connectivity index (χ0) is 17.2. The van der Waals surface area contributed by atoms with Gasteiger partial charge in [-0.2, -0.15) is 23.4 Å². The first-order valence-corrected chi connectivity index (χ1v) is 7.08. The van der Waals surface area contributed by atoms with E-state index in [0.717, 1.165) is 11.8 Å². The Bertz CT molecular complexity index is 689. The third-order valence-corrected chi connectivity index (χ3v) is 3.41. The van der Waals surface area contributed by atoms with E-state index in [1.54, 1.807) is 24.0 Å². The van der Waals surface area contributed by atoms with Crippen LogP contribution in [-0.4, -0.2) is 37.4 Å². The molecule has 0 unspecified atom stereocenters. The van der Waals surface area contributed by atoms with Crippen molar-refractivity contribution in [2.75, 3.05) is 7.05 Å². The summed E-state index contributed by atoms with van der Waals surface area (Å²) in [5.74, 6) is -0.456. The maximum Gasteiger partial charge on any atom is 0.433 e. The molecular weight excluding hydrogens is 311 g/mol. The molecule has 2 rings (SSSR count). The van der Waals surface area contributed by atoms with Crippen LogP contribution in [-0.2, 0) is 30.6 Å². The van der Waals surface area contributed by atoms with Crippen molar-refractivity contribution in [1.29, 1.82) is 0 Å². The van der Waals surface area contributed by atoms with Crippen LogP contribution in [0.3, 0.4) is 0 Å². The van der Waals surface area contributed by atoms with E-state index < -0.39 is 24.3 Å². The summed E-state index contributed by atoms with van der Waals surface area (Å²) in [6.07, 6.45) is -2.92.